The molecule has 4 heterocycles. The Kier molecular flexibility index (Phi) is 3.01. The SMILES string of the molecule is O=C1CCc2cc(C(C3CC=CO3)n3ccnc3)cc3c2N1CC3. The van der Waals surface area contributed by atoms with Crippen LogP contribution >= 0.6 is 0 Å². The number of anilines is 1. The Hall–Kier alpha value is -2.56. The Labute approximate surface area is 140 Å². The molecule has 0 radical (unpaired) electrons. The first kappa shape index (κ1) is 13.8. The maximum atomic E-state index is 12.1. The number of hydrogen-bond donors (Lipinski definition) is 0. The quantitative estimate of drug-likeness (QED) is 0.873. The molecule has 0 spiro atoms. The zero-order valence-corrected chi connectivity index (χ0v) is 13.4. The fourth-order valence-electron chi connectivity index (χ4n) is 4.27. The normalized spacial score (nSPS) is 22.6. The number of nitrogens with zero attached hydrogens (tertiary/aromatic N) is 3. The van der Waals surface area contributed by atoms with Crippen molar-refractivity contribution in [2.24, 2.45) is 0 Å². The van der Waals surface area contributed by atoms with Gasteiger partial charge >= 0.3 is 0 Å². The van der Waals surface area contributed by atoms with Crippen molar-refractivity contribution in [2.45, 2.75) is 37.8 Å². The van der Waals surface area contributed by atoms with Gasteiger partial charge in [-0.1, -0.05) is 12.1 Å². The lowest BCUT2D eigenvalue weighted by Crippen LogP contribution is -2.33. The van der Waals surface area contributed by atoms with E-state index in [9.17, 15) is 4.79 Å². The molecule has 0 saturated carbocycles. The summed E-state index contributed by atoms with van der Waals surface area (Å²) in [6, 6.07) is 4.65. The molecule has 2 unspecified atom stereocenters. The molecular formula is C19H19N3O2. The van der Waals surface area contributed by atoms with E-state index in [0.29, 0.717) is 6.42 Å². The summed E-state index contributed by atoms with van der Waals surface area (Å²) >= 11 is 0. The van der Waals surface area contributed by atoms with Gasteiger partial charge < -0.3 is 14.2 Å². The standard InChI is InChI=1S/C19H19N3O2/c23-17-4-3-13-10-15(11-14-5-7-22(17)18(13)14)19(16-2-1-9-24-16)21-8-6-20-12-21/h1,6,8-12,16,19H,2-5,7H2. The predicted molar refractivity (Wildman–Crippen MR) is 89.8 cm³/mol. The van der Waals surface area contributed by atoms with Gasteiger partial charge in [-0.25, -0.2) is 4.98 Å². The molecule has 2 aromatic rings. The molecule has 122 valence electrons. The summed E-state index contributed by atoms with van der Waals surface area (Å²) in [5, 5.41) is 0. The molecule has 0 bridgehead atoms. The zero-order valence-electron chi connectivity index (χ0n) is 13.4. The second kappa shape index (κ2) is 5.23. The number of aromatic nitrogens is 2. The van der Waals surface area contributed by atoms with Gasteiger partial charge in [-0.2, -0.15) is 0 Å². The van der Waals surface area contributed by atoms with E-state index >= 15 is 0 Å². The third kappa shape index (κ3) is 2.00. The summed E-state index contributed by atoms with van der Waals surface area (Å²) in [5.74, 6) is 0.267. The molecule has 5 nitrogen and oxygen atoms in total. The summed E-state index contributed by atoms with van der Waals surface area (Å²) < 4.78 is 7.98. The fourth-order valence-corrected chi connectivity index (χ4v) is 4.27. The van der Waals surface area contributed by atoms with Crippen LogP contribution in [-0.4, -0.2) is 28.1 Å². The third-order valence-corrected chi connectivity index (χ3v) is 5.33. The van der Waals surface area contributed by atoms with Gasteiger partial charge in [-0.05, 0) is 35.6 Å². The maximum Gasteiger partial charge on any atom is 0.227 e. The Morgan fingerprint density at radius 3 is 2.83 bits per heavy atom. The highest BCUT2D eigenvalue weighted by molar-refractivity contribution is 5.98. The fraction of sp³-hybridized carbons (Fsp3) is 0.368. The van der Waals surface area contributed by atoms with Crippen LogP contribution in [0, 0.1) is 0 Å². The van der Waals surface area contributed by atoms with Gasteiger partial charge in [0.1, 0.15) is 6.10 Å². The lowest BCUT2D eigenvalue weighted by molar-refractivity contribution is -0.118. The van der Waals surface area contributed by atoms with Crippen LogP contribution < -0.4 is 4.90 Å². The van der Waals surface area contributed by atoms with Gasteiger partial charge in [-0.15, -0.1) is 0 Å². The van der Waals surface area contributed by atoms with Crippen molar-refractivity contribution in [2.75, 3.05) is 11.4 Å². The second-order valence-corrected chi connectivity index (χ2v) is 6.72. The van der Waals surface area contributed by atoms with Crippen LogP contribution in [0.1, 0.15) is 35.6 Å². The number of carbonyl (C=O) groups is 1. The molecule has 1 aromatic heterocycles. The van der Waals surface area contributed by atoms with Gasteiger partial charge in [0, 0.05) is 31.8 Å². The minimum atomic E-state index is 0.0900. The van der Waals surface area contributed by atoms with Crippen LogP contribution in [0.25, 0.3) is 0 Å². The summed E-state index contributed by atoms with van der Waals surface area (Å²) in [6.07, 6.45) is 12.9. The van der Waals surface area contributed by atoms with E-state index in [1.165, 1.54) is 22.4 Å². The van der Waals surface area contributed by atoms with Crippen molar-refractivity contribution in [3.63, 3.8) is 0 Å². The first-order valence-electron chi connectivity index (χ1n) is 8.55. The van der Waals surface area contributed by atoms with Gasteiger partial charge in [-0.3, -0.25) is 4.79 Å². The van der Waals surface area contributed by atoms with E-state index in [1.54, 1.807) is 6.26 Å². The number of rotatable bonds is 3. The Bertz CT molecular complexity index is 817. The summed E-state index contributed by atoms with van der Waals surface area (Å²) in [5.41, 5.74) is 5.03. The molecule has 5 rings (SSSR count). The Morgan fingerprint density at radius 1 is 1.21 bits per heavy atom. The molecule has 0 aliphatic carbocycles. The number of imidazole rings is 1. The van der Waals surface area contributed by atoms with Crippen LogP contribution in [-0.2, 0) is 22.4 Å². The third-order valence-electron chi connectivity index (χ3n) is 5.33. The van der Waals surface area contributed by atoms with Crippen LogP contribution in [0.2, 0.25) is 0 Å². The largest absolute Gasteiger partial charge is 0.496 e. The van der Waals surface area contributed by atoms with E-state index < -0.39 is 0 Å². The van der Waals surface area contributed by atoms with E-state index in [-0.39, 0.29) is 18.1 Å². The van der Waals surface area contributed by atoms with Gasteiger partial charge in [0.15, 0.2) is 0 Å². The van der Waals surface area contributed by atoms with E-state index in [0.717, 1.165) is 25.8 Å². The van der Waals surface area contributed by atoms with Crippen LogP contribution in [0.15, 0.2) is 43.2 Å². The molecule has 0 fully saturated rings. The predicted octanol–water partition coefficient (Wildman–Crippen LogP) is 2.61. The molecule has 1 aromatic carbocycles. The number of ether oxygens (including phenoxy) is 1. The molecule has 5 heteroatoms. The van der Waals surface area contributed by atoms with Crippen LogP contribution in [0.5, 0.6) is 0 Å². The van der Waals surface area contributed by atoms with Crippen molar-refractivity contribution >= 4 is 11.6 Å². The summed E-state index contributed by atoms with van der Waals surface area (Å²) in [6.45, 7) is 0.821. The van der Waals surface area contributed by atoms with Gasteiger partial charge in [0.2, 0.25) is 5.91 Å². The molecule has 24 heavy (non-hydrogen) atoms. The zero-order chi connectivity index (χ0) is 16.1. The smallest absolute Gasteiger partial charge is 0.227 e. The highest BCUT2D eigenvalue weighted by atomic mass is 16.5. The summed E-state index contributed by atoms with van der Waals surface area (Å²) in [7, 11) is 0. The lowest BCUT2D eigenvalue weighted by atomic mass is 9.91. The first-order chi connectivity index (χ1) is 11.8. The Balaban J connectivity index is 1.61. The number of carbonyl (C=O) groups excluding carboxylic acids is 1. The molecule has 2 atom stereocenters. The number of benzene rings is 1. The maximum absolute atomic E-state index is 12.1. The number of aryl methyl sites for hydroxylation is 1. The summed E-state index contributed by atoms with van der Waals surface area (Å²) in [4.78, 5) is 18.3. The topological polar surface area (TPSA) is 47.4 Å². The first-order valence-corrected chi connectivity index (χ1v) is 8.55. The van der Waals surface area contributed by atoms with Crippen molar-refractivity contribution in [1.82, 2.24) is 9.55 Å². The van der Waals surface area contributed by atoms with Crippen LogP contribution in [0.3, 0.4) is 0 Å². The van der Waals surface area contributed by atoms with E-state index in [2.05, 4.69) is 27.8 Å². The molecule has 0 N–H and O–H groups in total. The highest BCUT2D eigenvalue weighted by Gasteiger charge is 2.34. The van der Waals surface area contributed by atoms with E-state index in [1.807, 2.05) is 23.6 Å². The molecular weight excluding hydrogens is 302 g/mol. The molecule has 3 aliphatic rings. The van der Waals surface area contributed by atoms with Crippen LogP contribution in [0.4, 0.5) is 5.69 Å². The van der Waals surface area contributed by atoms with Crippen molar-refractivity contribution in [3.8, 4) is 0 Å². The lowest BCUT2D eigenvalue weighted by Gasteiger charge is -2.29. The Morgan fingerprint density at radius 2 is 2.08 bits per heavy atom. The van der Waals surface area contributed by atoms with Crippen molar-refractivity contribution in [1.29, 1.82) is 0 Å². The van der Waals surface area contributed by atoms with E-state index in [4.69, 9.17) is 4.74 Å². The average molecular weight is 321 g/mol. The highest BCUT2D eigenvalue weighted by Crippen LogP contribution is 2.40. The molecule has 1 amide bonds. The van der Waals surface area contributed by atoms with Crippen molar-refractivity contribution in [3.05, 3.63) is 59.9 Å². The van der Waals surface area contributed by atoms with Gasteiger partial charge in [0.25, 0.3) is 0 Å². The number of hydrogen-bond acceptors (Lipinski definition) is 3. The second-order valence-electron chi connectivity index (χ2n) is 6.72. The molecule has 0 saturated heterocycles. The van der Waals surface area contributed by atoms with Gasteiger partial charge in [0.05, 0.1) is 24.3 Å². The minimum Gasteiger partial charge on any atom is -0.496 e. The number of amides is 1. The monoisotopic (exact) mass is 321 g/mol. The molecule has 3 aliphatic heterocycles. The van der Waals surface area contributed by atoms with Crippen molar-refractivity contribution < 1.29 is 9.53 Å². The minimum absolute atomic E-state index is 0.0900. The average Bonchev–Trinajstić information content (AvgIpc) is 3.33.